The van der Waals surface area contributed by atoms with E-state index in [-0.39, 0.29) is 11.4 Å². The van der Waals surface area contributed by atoms with Gasteiger partial charge in [-0.05, 0) is 12.1 Å². The Kier molecular flexibility index (Phi) is 3.04. The standard InChI is InChI=1S/C10H9NO2/c1-2-10(12)8(7-11)6-9-4-3-5-13-9/h3-6H,2H2,1H3/b8-6-. The van der Waals surface area contributed by atoms with Crippen LogP contribution in [0.3, 0.4) is 0 Å². The van der Waals surface area contributed by atoms with Crippen molar-refractivity contribution in [3.8, 4) is 6.07 Å². The normalized spacial score (nSPS) is 10.9. The zero-order valence-corrected chi connectivity index (χ0v) is 7.28. The molecule has 0 spiro atoms. The van der Waals surface area contributed by atoms with E-state index in [0.29, 0.717) is 12.2 Å². The molecule has 0 aliphatic carbocycles. The molecule has 0 aromatic carbocycles. The van der Waals surface area contributed by atoms with Crippen molar-refractivity contribution in [1.82, 2.24) is 0 Å². The van der Waals surface area contributed by atoms with Crippen LogP contribution in [0.25, 0.3) is 6.08 Å². The average Bonchev–Trinajstić information content (AvgIpc) is 2.65. The number of ketones is 1. The van der Waals surface area contributed by atoms with E-state index in [1.807, 2.05) is 6.07 Å². The van der Waals surface area contributed by atoms with E-state index >= 15 is 0 Å². The number of hydrogen-bond donors (Lipinski definition) is 0. The predicted octanol–water partition coefficient (Wildman–Crippen LogP) is 2.17. The molecule has 13 heavy (non-hydrogen) atoms. The fourth-order valence-electron chi connectivity index (χ4n) is 0.881. The lowest BCUT2D eigenvalue weighted by Gasteiger charge is -1.91. The molecule has 0 saturated carbocycles. The number of rotatable bonds is 3. The number of nitrogens with zero attached hydrogens (tertiary/aromatic N) is 1. The lowest BCUT2D eigenvalue weighted by Crippen LogP contribution is -1.97. The van der Waals surface area contributed by atoms with E-state index in [9.17, 15) is 4.79 Å². The van der Waals surface area contributed by atoms with Crippen LogP contribution in [0.15, 0.2) is 28.4 Å². The van der Waals surface area contributed by atoms with Crippen LogP contribution in [0.2, 0.25) is 0 Å². The quantitative estimate of drug-likeness (QED) is 0.522. The van der Waals surface area contributed by atoms with Gasteiger partial charge in [0.1, 0.15) is 11.8 Å². The molecule has 1 rings (SSSR count). The molecule has 0 radical (unpaired) electrons. The van der Waals surface area contributed by atoms with Crippen molar-refractivity contribution in [3.05, 3.63) is 29.7 Å². The minimum absolute atomic E-state index is 0.137. The van der Waals surface area contributed by atoms with Crippen LogP contribution in [-0.4, -0.2) is 5.78 Å². The molecule has 0 fully saturated rings. The first kappa shape index (κ1) is 9.27. The Labute approximate surface area is 76.3 Å². The molecule has 1 heterocycles. The van der Waals surface area contributed by atoms with Crippen LogP contribution in [0.5, 0.6) is 0 Å². The van der Waals surface area contributed by atoms with Gasteiger partial charge in [-0.2, -0.15) is 5.26 Å². The summed E-state index contributed by atoms with van der Waals surface area (Å²) in [7, 11) is 0. The minimum atomic E-state index is -0.168. The third-order valence-corrected chi connectivity index (χ3v) is 1.57. The van der Waals surface area contributed by atoms with Gasteiger partial charge in [0.15, 0.2) is 5.78 Å². The monoisotopic (exact) mass is 175 g/mol. The summed E-state index contributed by atoms with van der Waals surface area (Å²) < 4.78 is 4.98. The fourth-order valence-corrected chi connectivity index (χ4v) is 0.881. The number of allylic oxidation sites excluding steroid dienone is 1. The number of Topliss-reactive ketones (excluding diaryl/α,β-unsaturated/α-hetero) is 1. The molecule has 0 bridgehead atoms. The zero-order valence-electron chi connectivity index (χ0n) is 7.28. The largest absolute Gasteiger partial charge is 0.465 e. The fraction of sp³-hybridized carbons (Fsp3) is 0.200. The number of furan rings is 1. The summed E-state index contributed by atoms with van der Waals surface area (Å²) in [5, 5.41) is 8.65. The molecular formula is C10H9NO2. The molecule has 0 aliphatic heterocycles. The van der Waals surface area contributed by atoms with Gasteiger partial charge in [-0.25, -0.2) is 0 Å². The molecular weight excluding hydrogens is 166 g/mol. The highest BCUT2D eigenvalue weighted by molar-refractivity contribution is 6.02. The summed E-state index contributed by atoms with van der Waals surface area (Å²) in [5.74, 6) is 0.359. The van der Waals surface area contributed by atoms with Gasteiger partial charge >= 0.3 is 0 Å². The number of carbonyl (C=O) groups excluding carboxylic acids is 1. The second kappa shape index (κ2) is 4.27. The van der Waals surface area contributed by atoms with Crippen LogP contribution < -0.4 is 0 Å². The van der Waals surface area contributed by atoms with Gasteiger partial charge in [0, 0.05) is 12.5 Å². The summed E-state index contributed by atoms with van der Waals surface area (Å²) in [6, 6.07) is 5.24. The lowest BCUT2D eigenvalue weighted by atomic mass is 10.1. The molecule has 3 nitrogen and oxygen atoms in total. The van der Waals surface area contributed by atoms with Crippen molar-refractivity contribution in [2.75, 3.05) is 0 Å². The predicted molar refractivity (Wildman–Crippen MR) is 47.6 cm³/mol. The second-order valence-electron chi connectivity index (χ2n) is 2.46. The van der Waals surface area contributed by atoms with E-state index in [1.165, 1.54) is 12.3 Å². The summed E-state index contributed by atoms with van der Waals surface area (Å²) in [4.78, 5) is 11.1. The van der Waals surface area contributed by atoms with E-state index in [1.54, 1.807) is 19.1 Å². The van der Waals surface area contributed by atoms with Crippen molar-refractivity contribution in [2.45, 2.75) is 13.3 Å². The third-order valence-electron chi connectivity index (χ3n) is 1.57. The van der Waals surface area contributed by atoms with Crippen molar-refractivity contribution < 1.29 is 9.21 Å². The molecule has 0 aliphatic rings. The highest BCUT2D eigenvalue weighted by atomic mass is 16.3. The van der Waals surface area contributed by atoms with Crippen LogP contribution >= 0.6 is 0 Å². The average molecular weight is 175 g/mol. The van der Waals surface area contributed by atoms with Gasteiger partial charge in [0.05, 0.1) is 11.8 Å². The first-order chi connectivity index (χ1) is 6.27. The first-order valence-electron chi connectivity index (χ1n) is 3.96. The number of nitriles is 1. The molecule has 1 aromatic rings. The lowest BCUT2D eigenvalue weighted by molar-refractivity contribution is -0.114. The van der Waals surface area contributed by atoms with E-state index in [4.69, 9.17) is 9.68 Å². The second-order valence-corrected chi connectivity index (χ2v) is 2.46. The summed E-state index contributed by atoms with van der Waals surface area (Å²) in [5.41, 5.74) is 0.137. The van der Waals surface area contributed by atoms with Crippen molar-refractivity contribution in [3.63, 3.8) is 0 Å². The Balaban J connectivity index is 2.91. The van der Waals surface area contributed by atoms with E-state index in [2.05, 4.69) is 0 Å². The Morgan fingerprint density at radius 2 is 2.54 bits per heavy atom. The van der Waals surface area contributed by atoms with Gasteiger partial charge in [-0.15, -0.1) is 0 Å². The Morgan fingerprint density at radius 3 is 3.00 bits per heavy atom. The maximum atomic E-state index is 11.1. The van der Waals surface area contributed by atoms with Crippen molar-refractivity contribution in [2.24, 2.45) is 0 Å². The van der Waals surface area contributed by atoms with Crippen LogP contribution in [-0.2, 0) is 4.79 Å². The summed E-state index contributed by atoms with van der Waals surface area (Å²) in [6.07, 6.45) is 3.28. The van der Waals surface area contributed by atoms with Gasteiger partial charge in [0.2, 0.25) is 0 Å². The maximum Gasteiger partial charge on any atom is 0.173 e. The van der Waals surface area contributed by atoms with Crippen LogP contribution in [0.1, 0.15) is 19.1 Å². The summed E-state index contributed by atoms with van der Waals surface area (Å²) >= 11 is 0. The van der Waals surface area contributed by atoms with Gasteiger partial charge in [-0.3, -0.25) is 4.79 Å². The van der Waals surface area contributed by atoms with Crippen molar-refractivity contribution >= 4 is 11.9 Å². The van der Waals surface area contributed by atoms with Crippen LogP contribution in [0.4, 0.5) is 0 Å². The Morgan fingerprint density at radius 1 is 1.77 bits per heavy atom. The minimum Gasteiger partial charge on any atom is -0.465 e. The molecule has 66 valence electrons. The molecule has 1 aromatic heterocycles. The highest BCUT2D eigenvalue weighted by Gasteiger charge is 2.06. The molecule has 3 heteroatoms. The molecule has 0 amide bonds. The van der Waals surface area contributed by atoms with Gasteiger partial charge in [-0.1, -0.05) is 6.92 Å². The third kappa shape index (κ3) is 2.31. The highest BCUT2D eigenvalue weighted by Crippen LogP contribution is 2.08. The molecule has 0 N–H and O–H groups in total. The first-order valence-corrected chi connectivity index (χ1v) is 3.96. The molecule has 0 atom stereocenters. The van der Waals surface area contributed by atoms with E-state index < -0.39 is 0 Å². The summed E-state index contributed by atoms with van der Waals surface area (Å²) in [6.45, 7) is 1.72. The smallest absolute Gasteiger partial charge is 0.173 e. The van der Waals surface area contributed by atoms with Crippen molar-refractivity contribution in [1.29, 1.82) is 5.26 Å². The SMILES string of the molecule is CCC(=O)/C(C#N)=C\c1ccco1. The zero-order chi connectivity index (χ0) is 9.68. The molecule has 0 saturated heterocycles. The van der Waals surface area contributed by atoms with Gasteiger partial charge in [0.25, 0.3) is 0 Å². The number of hydrogen-bond acceptors (Lipinski definition) is 3. The number of carbonyl (C=O) groups is 1. The Bertz CT molecular complexity index is 355. The van der Waals surface area contributed by atoms with E-state index in [0.717, 1.165) is 0 Å². The van der Waals surface area contributed by atoms with Crippen LogP contribution in [0, 0.1) is 11.3 Å². The maximum absolute atomic E-state index is 11.1. The topological polar surface area (TPSA) is 54.0 Å². The molecule has 0 unspecified atom stereocenters. The Hall–Kier alpha value is -1.82. The van der Waals surface area contributed by atoms with Gasteiger partial charge < -0.3 is 4.42 Å².